The number of aryl methyl sites for hydroxylation is 1. The molecule has 0 radical (unpaired) electrons. The van der Waals surface area contributed by atoms with Crippen LogP contribution in [-0.2, 0) is 0 Å². The summed E-state index contributed by atoms with van der Waals surface area (Å²) in [6.07, 6.45) is 3.25. The summed E-state index contributed by atoms with van der Waals surface area (Å²) in [7, 11) is 0. The zero-order chi connectivity index (χ0) is 12.0. The molecule has 0 saturated carbocycles. The number of hydrogen-bond donors (Lipinski definition) is 1. The Bertz CT molecular complexity index is 702. The molecule has 0 aromatic carbocycles. The van der Waals surface area contributed by atoms with Gasteiger partial charge in [-0.1, -0.05) is 11.6 Å². The fourth-order valence-corrected chi connectivity index (χ4v) is 2.65. The first-order valence-corrected chi connectivity index (χ1v) is 6.07. The Labute approximate surface area is 106 Å². The lowest BCUT2D eigenvalue weighted by Crippen LogP contribution is -2.03. The fraction of sp³-hybridized carbons (Fsp3) is 0.100. The highest BCUT2D eigenvalue weighted by Crippen LogP contribution is 2.28. The predicted octanol–water partition coefficient (Wildman–Crippen LogP) is 2.42. The molecule has 17 heavy (non-hydrogen) atoms. The SMILES string of the molecule is Cc1cc2c(-n3cc(Cl)cn3)nc(N)nc2s1. The summed E-state index contributed by atoms with van der Waals surface area (Å²) in [5.41, 5.74) is 5.69. The summed E-state index contributed by atoms with van der Waals surface area (Å²) in [5, 5.41) is 5.62. The van der Waals surface area contributed by atoms with Crippen LogP contribution in [0.1, 0.15) is 4.88 Å². The Morgan fingerprint density at radius 3 is 2.94 bits per heavy atom. The largest absolute Gasteiger partial charge is 0.368 e. The van der Waals surface area contributed by atoms with Gasteiger partial charge in [0.1, 0.15) is 4.83 Å². The Morgan fingerprint density at radius 2 is 2.24 bits per heavy atom. The highest BCUT2D eigenvalue weighted by Gasteiger charge is 2.11. The number of hydrogen-bond acceptors (Lipinski definition) is 5. The van der Waals surface area contributed by atoms with Gasteiger partial charge in [-0.2, -0.15) is 10.1 Å². The number of fused-ring (bicyclic) bond motifs is 1. The van der Waals surface area contributed by atoms with E-state index in [1.165, 1.54) is 0 Å². The molecule has 86 valence electrons. The Balaban J connectivity index is 2.34. The quantitative estimate of drug-likeness (QED) is 0.734. The molecule has 5 nitrogen and oxygen atoms in total. The lowest BCUT2D eigenvalue weighted by Gasteiger charge is -2.02. The summed E-state index contributed by atoms with van der Waals surface area (Å²) in [6, 6.07) is 2.02. The summed E-state index contributed by atoms with van der Waals surface area (Å²) in [5.74, 6) is 0.893. The minimum absolute atomic E-state index is 0.237. The third-order valence-corrected chi connectivity index (χ3v) is 3.42. The average Bonchev–Trinajstić information content (AvgIpc) is 2.82. The second-order valence-electron chi connectivity index (χ2n) is 3.58. The van der Waals surface area contributed by atoms with E-state index in [0.29, 0.717) is 10.8 Å². The first-order valence-electron chi connectivity index (χ1n) is 4.88. The number of anilines is 1. The Hall–Kier alpha value is -1.66. The molecule has 0 bridgehead atoms. The van der Waals surface area contributed by atoms with Crippen LogP contribution in [0, 0.1) is 6.92 Å². The number of halogens is 1. The average molecular weight is 266 g/mol. The first kappa shape index (κ1) is 10.5. The van der Waals surface area contributed by atoms with Crippen LogP contribution >= 0.6 is 22.9 Å². The van der Waals surface area contributed by atoms with Gasteiger partial charge in [-0.05, 0) is 13.0 Å². The topological polar surface area (TPSA) is 69.6 Å². The summed E-state index contributed by atoms with van der Waals surface area (Å²) in [4.78, 5) is 10.4. The second-order valence-corrected chi connectivity index (χ2v) is 5.26. The van der Waals surface area contributed by atoms with Crippen molar-refractivity contribution in [2.45, 2.75) is 6.92 Å². The summed E-state index contributed by atoms with van der Waals surface area (Å²) < 4.78 is 1.61. The number of rotatable bonds is 1. The highest BCUT2D eigenvalue weighted by molar-refractivity contribution is 7.18. The maximum absolute atomic E-state index is 5.85. The molecule has 0 aliphatic carbocycles. The summed E-state index contributed by atoms with van der Waals surface area (Å²) >= 11 is 7.43. The van der Waals surface area contributed by atoms with E-state index in [4.69, 9.17) is 17.3 Å². The van der Waals surface area contributed by atoms with Crippen molar-refractivity contribution in [3.8, 4) is 5.82 Å². The molecule has 7 heteroatoms. The molecule has 3 rings (SSSR count). The van der Waals surface area contributed by atoms with Gasteiger partial charge in [-0.25, -0.2) is 9.67 Å². The molecule has 0 unspecified atom stereocenters. The normalized spacial score (nSPS) is 11.2. The van der Waals surface area contributed by atoms with Gasteiger partial charge in [-0.15, -0.1) is 11.3 Å². The van der Waals surface area contributed by atoms with Gasteiger partial charge < -0.3 is 5.73 Å². The number of aromatic nitrogens is 4. The zero-order valence-corrected chi connectivity index (χ0v) is 10.5. The second kappa shape index (κ2) is 3.68. The van der Waals surface area contributed by atoms with E-state index in [1.807, 2.05) is 13.0 Å². The molecule has 0 fully saturated rings. The zero-order valence-electron chi connectivity index (χ0n) is 8.88. The molecular weight excluding hydrogens is 258 g/mol. The maximum Gasteiger partial charge on any atom is 0.223 e. The van der Waals surface area contributed by atoms with Gasteiger partial charge in [0.2, 0.25) is 5.95 Å². The van der Waals surface area contributed by atoms with E-state index in [2.05, 4.69) is 15.1 Å². The van der Waals surface area contributed by atoms with Crippen molar-refractivity contribution in [1.29, 1.82) is 0 Å². The van der Waals surface area contributed by atoms with E-state index in [1.54, 1.807) is 28.4 Å². The van der Waals surface area contributed by atoms with Crippen LogP contribution in [0.25, 0.3) is 16.0 Å². The third-order valence-electron chi connectivity index (χ3n) is 2.28. The molecule has 0 atom stereocenters. The minimum Gasteiger partial charge on any atom is -0.368 e. The van der Waals surface area contributed by atoms with Gasteiger partial charge in [0, 0.05) is 4.88 Å². The van der Waals surface area contributed by atoms with Crippen LogP contribution in [0.4, 0.5) is 5.95 Å². The molecule has 0 aliphatic rings. The molecule has 0 aliphatic heterocycles. The molecule has 0 amide bonds. The fourth-order valence-electron chi connectivity index (χ4n) is 1.63. The molecule has 2 N–H and O–H groups in total. The minimum atomic E-state index is 0.237. The monoisotopic (exact) mass is 265 g/mol. The standard InChI is InChI=1S/C10H8ClN5S/c1-5-2-7-8(16-4-6(11)3-13-16)14-10(12)15-9(7)17-5/h2-4H,1H3,(H2,12,14,15). The van der Waals surface area contributed by atoms with E-state index in [0.717, 1.165) is 15.1 Å². The van der Waals surface area contributed by atoms with Crippen LogP contribution in [0.5, 0.6) is 0 Å². The summed E-state index contributed by atoms with van der Waals surface area (Å²) in [6.45, 7) is 2.02. The van der Waals surface area contributed by atoms with E-state index in [9.17, 15) is 0 Å². The van der Waals surface area contributed by atoms with E-state index < -0.39 is 0 Å². The number of nitrogen functional groups attached to an aromatic ring is 1. The lowest BCUT2D eigenvalue weighted by molar-refractivity contribution is 0.854. The van der Waals surface area contributed by atoms with Crippen LogP contribution in [0.15, 0.2) is 18.5 Å². The Morgan fingerprint density at radius 1 is 1.41 bits per heavy atom. The van der Waals surface area contributed by atoms with Crippen molar-refractivity contribution < 1.29 is 0 Å². The smallest absolute Gasteiger partial charge is 0.223 e. The lowest BCUT2D eigenvalue weighted by atomic mass is 10.3. The van der Waals surface area contributed by atoms with Crippen LogP contribution in [0.3, 0.4) is 0 Å². The van der Waals surface area contributed by atoms with Crippen molar-refractivity contribution in [3.63, 3.8) is 0 Å². The molecule has 0 spiro atoms. The van der Waals surface area contributed by atoms with Gasteiger partial charge >= 0.3 is 0 Å². The number of nitrogens with zero attached hydrogens (tertiary/aromatic N) is 4. The van der Waals surface area contributed by atoms with E-state index >= 15 is 0 Å². The van der Waals surface area contributed by atoms with Gasteiger partial charge in [0.15, 0.2) is 5.82 Å². The van der Waals surface area contributed by atoms with Crippen LogP contribution in [-0.4, -0.2) is 19.7 Å². The van der Waals surface area contributed by atoms with Crippen molar-refractivity contribution >= 4 is 39.1 Å². The van der Waals surface area contributed by atoms with Crippen molar-refractivity contribution in [1.82, 2.24) is 19.7 Å². The van der Waals surface area contributed by atoms with Gasteiger partial charge in [-0.3, -0.25) is 0 Å². The first-order chi connectivity index (χ1) is 8.13. The van der Waals surface area contributed by atoms with Crippen molar-refractivity contribution in [3.05, 3.63) is 28.4 Å². The van der Waals surface area contributed by atoms with Crippen LogP contribution in [0.2, 0.25) is 5.02 Å². The highest BCUT2D eigenvalue weighted by atomic mass is 35.5. The third kappa shape index (κ3) is 1.75. The molecule has 3 heterocycles. The van der Waals surface area contributed by atoms with E-state index in [-0.39, 0.29) is 5.95 Å². The van der Waals surface area contributed by atoms with Gasteiger partial charge in [0.05, 0.1) is 22.8 Å². The van der Waals surface area contributed by atoms with Crippen molar-refractivity contribution in [2.24, 2.45) is 0 Å². The molecule has 3 aromatic heterocycles. The predicted molar refractivity (Wildman–Crippen MR) is 68.7 cm³/mol. The Kier molecular flexibility index (Phi) is 2.27. The number of nitrogens with two attached hydrogens (primary N) is 1. The van der Waals surface area contributed by atoms with Crippen molar-refractivity contribution in [2.75, 3.05) is 5.73 Å². The molecule has 3 aromatic rings. The maximum atomic E-state index is 5.85. The molecule has 0 saturated heterocycles. The number of thiophene rings is 1. The molecular formula is C10H8ClN5S. The van der Waals surface area contributed by atoms with Crippen LogP contribution < -0.4 is 5.73 Å². The van der Waals surface area contributed by atoms with Gasteiger partial charge in [0.25, 0.3) is 0 Å².